The summed E-state index contributed by atoms with van der Waals surface area (Å²) in [4.78, 5) is 6.36. The Bertz CT molecular complexity index is 239. The average molecular weight is 204 g/mol. The normalized spacial score (nSPS) is 24.4. The summed E-state index contributed by atoms with van der Waals surface area (Å²) in [6, 6.07) is 0. The molecular weight excluding hydrogens is 194 g/mol. The second-order valence-corrected chi connectivity index (χ2v) is 4.29. The number of nitrogens with zero attached hydrogens (tertiary/aromatic N) is 3. The van der Waals surface area contributed by atoms with Gasteiger partial charge in [-0.15, -0.1) is 11.6 Å². The third-order valence-corrected chi connectivity index (χ3v) is 3.07. The number of hydrogen-bond acceptors (Lipinski definition) is 4. The molecule has 1 aliphatic heterocycles. The van der Waals surface area contributed by atoms with Crippen molar-refractivity contribution in [2.45, 2.75) is 18.2 Å². The lowest BCUT2D eigenvalue weighted by molar-refractivity contribution is 0.583. The Balaban J connectivity index is 2.04. The third-order valence-electron chi connectivity index (χ3n) is 1.98. The molecule has 66 valence electrons. The molecule has 0 amide bonds. The molecule has 2 rings (SSSR count). The minimum atomic E-state index is 0.280. The summed E-state index contributed by atoms with van der Waals surface area (Å²) in [5, 5.41) is 1.28. The van der Waals surface area contributed by atoms with E-state index in [1.54, 1.807) is 6.33 Å². The van der Waals surface area contributed by atoms with E-state index in [-0.39, 0.29) is 5.38 Å². The Hall–Kier alpha value is -0.350. The predicted molar refractivity (Wildman–Crippen MR) is 51.0 cm³/mol. The highest BCUT2D eigenvalue weighted by Gasteiger charge is 2.19. The van der Waals surface area contributed by atoms with E-state index in [0.29, 0.717) is 0 Å². The fourth-order valence-corrected chi connectivity index (χ4v) is 2.29. The van der Waals surface area contributed by atoms with Crippen LogP contribution < -0.4 is 4.90 Å². The number of alkyl halides is 1. The topological polar surface area (TPSA) is 29.0 Å². The molecule has 0 radical (unpaired) electrons. The molecule has 0 bridgehead atoms. The second-order valence-electron chi connectivity index (χ2n) is 2.91. The molecule has 0 spiro atoms. The Labute approximate surface area is 80.5 Å². The lowest BCUT2D eigenvalue weighted by Crippen LogP contribution is -2.35. The van der Waals surface area contributed by atoms with Gasteiger partial charge in [-0.1, -0.05) is 0 Å². The molecule has 3 nitrogen and oxygen atoms in total. The summed E-state index contributed by atoms with van der Waals surface area (Å²) in [7, 11) is 0. The van der Waals surface area contributed by atoms with Gasteiger partial charge in [0.25, 0.3) is 0 Å². The number of aromatic nitrogens is 2. The number of piperidine rings is 1. The van der Waals surface area contributed by atoms with Crippen molar-refractivity contribution in [2.24, 2.45) is 0 Å². The van der Waals surface area contributed by atoms with E-state index in [2.05, 4.69) is 14.3 Å². The van der Waals surface area contributed by atoms with E-state index in [9.17, 15) is 0 Å². The van der Waals surface area contributed by atoms with Crippen LogP contribution >= 0.6 is 23.1 Å². The van der Waals surface area contributed by atoms with Gasteiger partial charge in [0.2, 0.25) is 5.13 Å². The summed E-state index contributed by atoms with van der Waals surface area (Å²) in [5.74, 6) is 0. The quantitative estimate of drug-likeness (QED) is 0.652. The van der Waals surface area contributed by atoms with Crippen molar-refractivity contribution in [1.82, 2.24) is 9.36 Å². The van der Waals surface area contributed by atoms with Gasteiger partial charge in [-0.3, -0.25) is 0 Å². The SMILES string of the molecule is ClC1CCCN(c2ncns2)C1. The number of hydrogen-bond donors (Lipinski definition) is 0. The zero-order valence-corrected chi connectivity index (χ0v) is 8.18. The first-order chi connectivity index (χ1) is 5.86. The summed E-state index contributed by atoms with van der Waals surface area (Å²) >= 11 is 7.48. The van der Waals surface area contributed by atoms with Gasteiger partial charge >= 0.3 is 0 Å². The van der Waals surface area contributed by atoms with Crippen molar-refractivity contribution in [1.29, 1.82) is 0 Å². The highest BCUT2D eigenvalue weighted by Crippen LogP contribution is 2.22. The Kier molecular flexibility index (Phi) is 2.46. The van der Waals surface area contributed by atoms with Crippen molar-refractivity contribution >= 4 is 28.3 Å². The van der Waals surface area contributed by atoms with Gasteiger partial charge in [0.05, 0.1) is 5.38 Å². The van der Waals surface area contributed by atoms with Crippen LogP contribution in [0, 0.1) is 0 Å². The first kappa shape index (κ1) is 8.26. The first-order valence-corrected chi connectivity index (χ1v) is 5.23. The van der Waals surface area contributed by atoms with Crippen LogP contribution in [0.4, 0.5) is 5.13 Å². The van der Waals surface area contributed by atoms with Gasteiger partial charge in [-0.25, -0.2) is 4.98 Å². The molecule has 1 aromatic rings. The summed E-state index contributed by atoms with van der Waals surface area (Å²) in [6.07, 6.45) is 3.88. The van der Waals surface area contributed by atoms with E-state index >= 15 is 0 Å². The van der Waals surface area contributed by atoms with E-state index < -0.39 is 0 Å². The molecule has 1 aliphatic rings. The minimum Gasteiger partial charge on any atom is -0.345 e. The van der Waals surface area contributed by atoms with E-state index in [1.165, 1.54) is 11.5 Å². The third kappa shape index (κ3) is 1.69. The summed E-state index contributed by atoms with van der Waals surface area (Å²) < 4.78 is 3.97. The van der Waals surface area contributed by atoms with Crippen LogP contribution in [-0.2, 0) is 0 Å². The average Bonchev–Trinajstić information content (AvgIpc) is 2.56. The standard InChI is InChI=1S/C7H10ClN3S/c8-6-2-1-3-11(4-6)7-9-5-10-12-7/h5-6H,1-4H2. The monoisotopic (exact) mass is 203 g/mol. The lowest BCUT2D eigenvalue weighted by atomic mass is 10.1. The number of halogens is 1. The summed E-state index contributed by atoms with van der Waals surface area (Å²) in [5.41, 5.74) is 0. The molecule has 0 aromatic carbocycles. The van der Waals surface area contributed by atoms with Crippen molar-refractivity contribution in [3.63, 3.8) is 0 Å². The number of anilines is 1. The molecule has 1 fully saturated rings. The molecule has 1 atom stereocenters. The fraction of sp³-hybridized carbons (Fsp3) is 0.714. The molecule has 1 unspecified atom stereocenters. The largest absolute Gasteiger partial charge is 0.345 e. The van der Waals surface area contributed by atoms with Crippen LogP contribution in [0.5, 0.6) is 0 Å². The van der Waals surface area contributed by atoms with Crippen LogP contribution in [0.2, 0.25) is 0 Å². The van der Waals surface area contributed by atoms with Gasteiger partial charge in [0.15, 0.2) is 0 Å². The van der Waals surface area contributed by atoms with Crippen LogP contribution in [-0.4, -0.2) is 27.8 Å². The van der Waals surface area contributed by atoms with Crippen LogP contribution in [0.15, 0.2) is 6.33 Å². The van der Waals surface area contributed by atoms with Crippen LogP contribution in [0.3, 0.4) is 0 Å². The highest BCUT2D eigenvalue weighted by atomic mass is 35.5. The maximum atomic E-state index is 6.04. The molecular formula is C7H10ClN3S. The Morgan fingerprint density at radius 3 is 3.25 bits per heavy atom. The van der Waals surface area contributed by atoms with Crippen molar-refractivity contribution in [2.75, 3.05) is 18.0 Å². The molecule has 2 heterocycles. The molecule has 1 aromatic heterocycles. The molecule has 0 saturated carbocycles. The zero-order valence-electron chi connectivity index (χ0n) is 6.61. The number of rotatable bonds is 1. The van der Waals surface area contributed by atoms with Gasteiger partial charge in [0.1, 0.15) is 6.33 Å². The van der Waals surface area contributed by atoms with E-state index in [1.807, 2.05) is 0 Å². The highest BCUT2D eigenvalue weighted by molar-refractivity contribution is 7.09. The van der Waals surface area contributed by atoms with Gasteiger partial charge in [-0.2, -0.15) is 4.37 Å². The molecule has 0 aliphatic carbocycles. The first-order valence-electron chi connectivity index (χ1n) is 4.02. The summed E-state index contributed by atoms with van der Waals surface area (Å²) in [6.45, 7) is 1.98. The van der Waals surface area contributed by atoms with Crippen molar-refractivity contribution in [3.8, 4) is 0 Å². The molecule has 5 heteroatoms. The van der Waals surface area contributed by atoms with Crippen molar-refractivity contribution < 1.29 is 0 Å². The van der Waals surface area contributed by atoms with Crippen molar-refractivity contribution in [3.05, 3.63) is 6.33 Å². The minimum absolute atomic E-state index is 0.280. The Morgan fingerprint density at radius 1 is 1.67 bits per heavy atom. The smallest absolute Gasteiger partial charge is 0.204 e. The second kappa shape index (κ2) is 3.58. The maximum Gasteiger partial charge on any atom is 0.204 e. The molecule has 12 heavy (non-hydrogen) atoms. The van der Waals surface area contributed by atoms with Gasteiger partial charge in [0, 0.05) is 24.6 Å². The predicted octanol–water partition coefficient (Wildman–Crippen LogP) is 1.75. The zero-order chi connectivity index (χ0) is 8.39. The maximum absolute atomic E-state index is 6.04. The van der Waals surface area contributed by atoms with Crippen LogP contribution in [0.1, 0.15) is 12.8 Å². The van der Waals surface area contributed by atoms with E-state index in [0.717, 1.165) is 31.1 Å². The lowest BCUT2D eigenvalue weighted by Gasteiger charge is -2.28. The molecule has 1 saturated heterocycles. The Morgan fingerprint density at radius 2 is 2.58 bits per heavy atom. The van der Waals surface area contributed by atoms with Gasteiger partial charge < -0.3 is 4.90 Å². The molecule has 0 N–H and O–H groups in total. The van der Waals surface area contributed by atoms with Crippen LogP contribution in [0.25, 0.3) is 0 Å². The fourth-order valence-electron chi connectivity index (χ4n) is 1.41. The van der Waals surface area contributed by atoms with Gasteiger partial charge in [-0.05, 0) is 12.8 Å². The van der Waals surface area contributed by atoms with E-state index in [4.69, 9.17) is 11.6 Å².